The third-order valence-electron chi connectivity index (χ3n) is 4.10. The number of aryl methyl sites for hydroxylation is 1. The summed E-state index contributed by atoms with van der Waals surface area (Å²) in [6, 6.07) is 0.979. The predicted octanol–water partition coefficient (Wildman–Crippen LogP) is 3.59. The SMILES string of the molecule is O=C(Nc1cc(C(F)(F)F)cc(C(F)(F)F)c1)C1CCc2n[nH]nc2C1. The van der Waals surface area contributed by atoms with Crippen molar-refractivity contribution in [2.24, 2.45) is 5.92 Å². The fraction of sp³-hybridized carbons (Fsp3) is 0.400. The molecule has 0 saturated carbocycles. The van der Waals surface area contributed by atoms with E-state index in [1.54, 1.807) is 0 Å². The molecule has 0 spiro atoms. The van der Waals surface area contributed by atoms with Crippen LogP contribution in [0.25, 0.3) is 0 Å². The maximum atomic E-state index is 12.9. The number of carbonyl (C=O) groups is 1. The van der Waals surface area contributed by atoms with Crippen molar-refractivity contribution in [3.8, 4) is 0 Å². The summed E-state index contributed by atoms with van der Waals surface area (Å²) in [7, 11) is 0. The number of hydrogen-bond acceptors (Lipinski definition) is 3. The van der Waals surface area contributed by atoms with E-state index in [4.69, 9.17) is 0 Å². The summed E-state index contributed by atoms with van der Waals surface area (Å²) < 4.78 is 77.2. The molecule has 11 heteroatoms. The minimum atomic E-state index is -4.97. The molecule has 2 N–H and O–H groups in total. The fourth-order valence-corrected chi connectivity index (χ4v) is 2.78. The van der Waals surface area contributed by atoms with E-state index in [1.165, 1.54) is 0 Å². The second-order valence-electron chi connectivity index (χ2n) is 5.94. The Morgan fingerprint density at radius 2 is 1.58 bits per heavy atom. The Morgan fingerprint density at radius 3 is 2.15 bits per heavy atom. The number of fused-ring (bicyclic) bond motifs is 1. The van der Waals surface area contributed by atoms with E-state index in [2.05, 4.69) is 20.7 Å². The van der Waals surface area contributed by atoms with Crippen molar-refractivity contribution in [3.63, 3.8) is 0 Å². The molecular formula is C15H12F6N4O. The van der Waals surface area contributed by atoms with Crippen molar-refractivity contribution in [2.75, 3.05) is 5.32 Å². The molecule has 0 saturated heterocycles. The second-order valence-corrected chi connectivity index (χ2v) is 5.94. The summed E-state index contributed by atoms with van der Waals surface area (Å²) in [5, 5.41) is 12.3. The zero-order chi connectivity index (χ0) is 19.1. The molecule has 26 heavy (non-hydrogen) atoms. The predicted molar refractivity (Wildman–Crippen MR) is 77.0 cm³/mol. The summed E-state index contributed by atoms with van der Waals surface area (Å²) >= 11 is 0. The first-order valence-electron chi connectivity index (χ1n) is 7.53. The molecule has 1 aromatic carbocycles. The maximum absolute atomic E-state index is 12.9. The van der Waals surface area contributed by atoms with Crippen molar-refractivity contribution in [3.05, 3.63) is 40.7 Å². The summed E-state index contributed by atoms with van der Waals surface area (Å²) in [6.07, 6.45) is -8.91. The minimum absolute atomic E-state index is 0.0118. The molecule has 1 aromatic heterocycles. The van der Waals surface area contributed by atoms with Gasteiger partial charge in [0.05, 0.1) is 22.5 Å². The topological polar surface area (TPSA) is 70.7 Å². The highest BCUT2D eigenvalue weighted by atomic mass is 19.4. The Morgan fingerprint density at radius 1 is 1.00 bits per heavy atom. The number of carbonyl (C=O) groups excluding carboxylic acids is 1. The highest BCUT2D eigenvalue weighted by molar-refractivity contribution is 5.93. The van der Waals surface area contributed by atoms with Gasteiger partial charge in [-0.1, -0.05) is 0 Å². The normalized spacial score (nSPS) is 17.7. The van der Waals surface area contributed by atoms with E-state index in [1.807, 2.05) is 0 Å². The Balaban J connectivity index is 1.84. The van der Waals surface area contributed by atoms with Gasteiger partial charge in [-0.05, 0) is 31.0 Å². The van der Waals surface area contributed by atoms with Crippen LogP contribution in [0.3, 0.4) is 0 Å². The average Bonchev–Trinajstić information content (AvgIpc) is 3.00. The maximum Gasteiger partial charge on any atom is 0.416 e. The molecular weight excluding hydrogens is 366 g/mol. The van der Waals surface area contributed by atoms with Gasteiger partial charge in [0.15, 0.2) is 0 Å². The monoisotopic (exact) mass is 378 g/mol. The van der Waals surface area contributed by atoms with Gasteiger partial charge in [0.25, 0.3) is 0 Å². The molecule has 0 aliphatic heterocycles. The molecule has 0 bridgehead atoms. The van der Waals surface area contributed by atoms with Crippen LogP contribution in [-0.4, -0.2) is 21.3 Å². The number of halogens is 6. The third-order valence-corrected chi connectivity index (χ3v) is 4.10. The lowest BCUT2D eigenvalue weighted by Crippen LogP contribution is -2.28. The van der Waals surface area contributed by atoms with E-state index in [-0.39, 0.29) is 12.5 Å². The fourth-order valence-electron chi connectivity index (χ4n) is 2.78. The molecule has 1 heterocycles. The van der Waals surface area contributed by atoms with Gasteiger partial charge in [0.1, 0.15) is 0 Å². The van der Waals surface area contributed by atoms with Crippen molar-refractivity contribution in [2.45, 2.75) is 31.6 Å². The summed E-state index contributed by atoms with van der Waals surface area (Å²) in [4.78, 5) is 12.3. The van der Waals surface area contributed by atoms with Crippen LogP contribution >= 0.6 is 0 Å². The second kappa shape index (κ2) is 6.29. The Labute approximate surface area is 142 Å². The molecule has 1 amide bonds. The van der Waals surface area contributed by atoms with E-state index in [0.29, 0.717) is 36.4 Å². The number of aromatic amines is 1. The number of benzene rings is 1. The molecule has 0 radical (unpaired) electrons. The van der Waals surface area contributed by atoms with Gasteiger partial charge in [-0.2, -0.15) is 41.8 Å². The van der Waals surface area contributed by atoms with Crippen molar-refractivity contribution in [1.82, 2.24) is 15.4 Å². The van der Waals surface area contributed by atoms with E-state index in [0.717, 1.165) is 0 Å². The number of nitrogens with zero attached hydrogens (tertiary/aromatic N) is 2. The Bertz CT molecular complexity index is 794. The number of amides is 1. The van der Waals surface area contributed by atoms with Gasteiger partial charge in [-0.3, -0.25) is 4.79 Å². The highest BCUT2D eigenvalue weighted by Crippen LogP contribution is 2.37. The lowest BCUT2D eigenvalue weighted by atomic mass is 9.89. The summed E-state index contributed by atoms with van der Waals surface area (Å²) in [6.45, 7) is 0. The van der Waals surface area contributed by atoms with Crippen LogP contribution in [-0.2, 0) is 30.0 Å². The zero-order valence-corrected chi connectivity index (χ0v) is 13.0. The molecule has 140 valence electrons. The lowest BCUT2D eigenvalue weighted by molar-refractivity contribution is -0.143. The first kappa shape index (κ1) is 18.2. The van der Waals surface area contributed by atoms with Crippen LogP contribution in [0.5, 0.6) is 0 Å². The first-order chi connectivity index (χ1) is 12.0. The molecule has 5 nitrogen and oxygen atoms in total. The quantitative estimate of drug-likeness (QED) is 0.785. The summed E-state index contributed by atoms with van der Waals surface area (Å²) in [5.74, 6) is -1.28. The van der Waals surface area contributed by atoms with E-state index < -0.39 is 41.0 Å². The Hall–Kier alpha value is -2.59. The molecule has 2 aromatic rings. The Kier molecular flexibility index (Phi) is 4.41. The number of aromatic nitrogens is 3. The van der Waals surface area contributed by atoms with Gasteiger partial charge in [0.2, 0.25) is 5.91 Å². The lowest BCUT2D eigenvalue weighted by Gasteiger charge is -2.20. The number of nitrogens with one attached hydrogen (secondary N) is 2. The number of alkyl halides is 6. The standard InChI is InChI=1S/C15H12F6N4O/c16-14(17,18)8-4-9(15(19,20)21)6-10(5-8)22-13(26)7-1-2-11-12(3-7)24-25-23-11/h4-7H,1-3H2,(H,22,26)(H,23,24,25). The molecule has 1 atom stereocenters. The van der Waals surface area contributed by atoms with Crippen LogP contribution in [0.2, 0.25) is 0 Å². The van der Waals surface area contributed by atoms with Crippen molar-refractivity contribution < 1.29 is 31.1 Å². The van der Waals surface area contributed by atoms with Crippen LogP contribution in [0, 0.1) is 5.92 Å². The van der Waals surface area contributed by atoms with Gasteiger partial charge in [0, 0.05) is 18.0 Å². The third kappa shape index (κ3) is 3.81. The number of H-pyrrole nitrogens is 1. The van der Waals surface area contributed by atoms with Gasteiger partial charge in [-0.15, -0.1) is 0 Å². The number of anilines is 1. The van der Waals surface area contributed by atoms with Crippen LogP contribution in [0.1, 0.15) is 28.9 Å². The smallest absolute Gasteiger partial charge is 0.326 e. The summed E-state index contributed by atoms with van der Waals surface area (Å²) in [5.41, 5.74) is -2.25. The zero-order valence-electron chi connectivity index (χ0n) is 13.0. The van der Waals surface area contributed by atoms with Crippen LogP contribution in [0.15, 0.2) is 18.2 Å². The first-order valence-corrected chi connectivity index (χ1v) is 7.53. The van der Waals surface area contributed by atoms with Crippen molar-refractivity contribution >= 4 is 11.6 Å². The molecule has 0 fully saturated rings. The van der Waals surface area contributed by atoms with Gasteiger partial charge in [-0.25, -0.2) is 0 Å². The molecule has 1 unspecified atom stereocenters. The minimum Gasteiger partial charge on any atom is -0.326 e. The van der Waals surface area contributed by atoms with E-state index in [9.17, 15) is 31.1 Å². The van der Waals surface area contributed by atoms with Crippen molar-refractivity contribution in [1.29, 1.82) is 0 Å². The molecule has 3 rings (SSSR count). The highest BCUT2D eigenvalue weighted by Gasteiger charge is 2.37. The van der Waals surface area contributed by atoms with Gasteiger partial charge < -0.3 is 5.32 Å². The van der Waals surface area contributed by atoms with Crippen LogP contribution in [0.4, 0.5) is 32.0 Å². The van der Waals surface area contributed by atoms with Crippen LogP contribution < -0.4 is 5.32 Å². The average molecular weight is 378 g/mol. The molecule has 1 aliphatic carbocycles. The largest absolute Gasteiger partial charge is 0.416 e. The van der Waals surface area contributed by atoms with Gasteiger partial charge >= 0.3 is 12.4 Å². The molecule has 1 aliphatic rings. The van der Waals surface area contributed by atoms with E-state index >= 15 is 0 Å². The number of rotatable bonds is 2. The number of hydrogen-bond donors (Lipinski definition) is 2.